The lowest BCUT2D eigenvalue weighted by Crippen LogP contribution is -2.44. The molecule has 0 radical (unpaired) electrons. The first kappa shape index (κ1) is 14.3. The highest BCUT2D eigenvalue weighted by Gasteiger charge is 2.21. The summed E-state index contributed by atoms with van der Waals surface area (Å²) in [6.07, 6.45) is 3.04. The van der Waals surface area contributed by atoms with Crippen molar-refractivity contribution in [2.75, 3.05) is 0 Å². The first-order valence-electron chi connectivity index (χ1n) is 6.71. The van der Waals surface area contributed by atoms with Gasteiger partial charge >= 0.3 is 6.03 Å². The van der Waals surface area contributed by atoms with Crippen molar-refractivity contribution in [2.24, 2.45) is 0 Å². The van der Waals surface area contributed by atoms with E-state index in [4.69, 9.17) is 0 Å². The fraction of sp³-hybridized carbons (Fsp3) is 0.692. The Morgan fingerprint density at radius 3 is 2.74 bits per heavy atom. The van der Waals surface area contributed by atoms with Crippen LogP contribution in [0.3, 0.4) is 0 Å². The Bertz CT molecular complexity index is 427. The fourth-order valence-corrected chi connectivity index (χ4v) is 3.08. The van der Waals surface area contributed by atoms with Gasteiger partial charge in [-0.3, -0.25) is 0 Å². The van der Waals surface area contributed by atoms with Crippen LogP contribution in [-0.4, -0.2) is 28.3 Å². The van der Waals surface area contributed by atoms with Crippen molar-refractivity contribution in [3.8, 4) is 0 Å². The molecule has 0 aliphatic heterocycles. The molecule has 1 unspecified atom stereocenters. The zero-order valence-corrected chi connectivity index (χ0v) is 12.2. The number of carbonyl (C=O) groups is 1. The van der Waals surface area contributed by atoms with Crippen molar-refractivity contribution >= 4 is 17.4 Å². The Hall–Kier alpha value is -1.14. The maximum atomic E-state index is 11.9. The second-order valence-electron chi connectivity index (χ2n) is 5.17. The van der Waals surface area contributed by atoms with Crippen molar-refractivity contribution in [1.29, 1.82) is 0 Å². The number of aryl methyl sites for hydroxylation is 1. The number of aliphatic hydroxyl groups excluding tert-OH is 1. The molecule has 1 fully saturated rings. The van der Waals surface area contributed by atoms with Gasteiger partial charge in [-0.2, -0.15) is 0 Å². The molecule has 1 heterocycles. The van der Waals surface area contributed by atoms with Crippen molar-refractivity contribution in [3.63, 3.8) is 0 Å². The maximum Gasteiger partial charge on any atom is 0.315 e. The molecule has 106 valence electrons. The highest BCUT2D eigenvalue weighted by atomic mass is 32.1. The van der Waals surface area contributed by atoms with E-state index < -0.39 is 0 Å². The van der Waals surface area contributed by atoms with Crippen molar-refractivity contribution in [3.05, 3.63) is 16.1 Å². The summed E-state index contributed by atoms with van der Waals surface area (Å²) in [6.45, 7) is 3.88. The third-order valence-corrected chi connectivity index (χ3v) is 4.53. The normalized spacial score (nSPS) is 24.8. The minimum atomic E-state index is -0.196. The van der Waals surface area contributed by atoms with E-state index in [9.17, 15) is 9.90 Å². The SMILES string of the molecule is Cc1csc(C(C)NC(=O)NC2CCC(O)CC2)n1. The lowest BCUT2D eigenvalue weighted by Gasteiger charge is -2.26. The molecule has 1 aliphatic carbocycles. The largest absolute Gasteiger partial charge is 0.393 e. The zero-order valence-electron chi connectivity index (χ0n) is 11.3. The van der Waals surface area contributed by atoms with Gasteiger partial charge in [0.15, 0.2) is 0 Å². The van der Waals surface area contributed by atoms with Gasteiger partial charge in [-0.25, -0.2) is 9.78 Å². The van der Waals surface area contributed by atoms with Crippen LogP contribution < -0.4 is 10.6 Å². The Labute approximate surface area is 117 Å². The average molecular weight is 283 g/mol. The third-order valence-electron chi connectivity index (χ3n) is 3.39. The van der Waals surface area contributed by atoms with Crippen molar-refractivity contribution in [2.45, 2.75) is 57.7 Å². The van der Waals surface area contributed by atoms with Gasteiger partial charge in [0.25, 0.3) is 0 Å². The number of nitrogens with zero attached hydrogens (tertiary/aromatic N) is 1. The molecule has 1 aliphatic rings. The van der Waals surface area contributed by atoms with Gasteiger partial charge in [0.05, 0.1) is 12.1 Å². The summed E-state index contributed by atoms with van der Waals surface area (Å²) in [6, 6.07) is -0.0525. The minimum absolute atomic E-state index is 0.0760. The number of hydrogen-bond donors (Lipinski definition) is 3. The Balaban J connectivity index is 1.78. The van der Waals surface area contributed by atoms with Crippen LogP contribution in [0, 0.1) is 6.92 Å². The van der Waals surface area contributed by atoms with Gasteiger partial charge in [0.1, 0.15) is 5.01 Å². The lowest BCUT2D eigenvalue weighted by atomic mass is 9.93. The Kier molecular flexibility index (Phi) is 4.76. The molecular weight excluding hydrogens is 262 g/mol. The monoisotopic (exact) mass is 283 g/mol. The van der Waals surface area contributed by atoms with Crippen LogP contribution in [0.5, 0.6) is 0 Å². The Morgan fingerprint density at radius 1 is 1.47 bits per heavy atom. The topological polar surface area (TPSA) is 74.2 Å². The van der Waals surface area contributed by atoms with E-state index >= 15 is 0 Å². The number of thiazole rings is 1. The van der Waals surface area contributed by atoms with Crippen molar-refractivity contribution in [1.82, 2.24) is 15.6 Å². The lowest BCUT2D eigenvalue weighted by molar-refractivity contribution is 0.117. The van der Waals surface area contributed by atoms with Gasteiger partial charge < -0.3 is 15.7 Å². The van der Waals surface area contributed by atoms with Crippen LogP contribution in [0.1, 0.15) is 49.4 Å². The number of amides is 2. The third kappa shape index (κ3) is 4.18. The molecule has 1 aromatic rings. The summed E-state index contributed by atoms with van der Waals surface area (Å²) in [5.41, 5.74) is 0.982. The summed E-state index contributed by atoms with van der Waals surface area (Å²) in [5.74, 6) is 0. The maximum absolute atomic E-state index is 11.9. The predicted molar refractivity (Wildman–Crippen MR) is 75.2 cm³/mol. The number of aliphatic hydroxyl groups is 1. The quantitative estimate of drug-likeness (QED) is 0.795. The van der Waals surface area contributed by atoms with Gasteiger partial charge in [0, 0.05) is 17.1 Å². The summed E-state index contributed by atoms with van der Waals surface area (Å²) >= 11 is 1.56. The van der Waals surface area contributed by atoms with E-state index in [2.05, 4.69) is 15.6 Å². The second kappa shape index (κ2) is 6.34. The molecule has 2 rings (SSSR count). The molecule has 1 saturated carbocycles. The number of nitrogens with one attached hydrogen (secondary N) is 2. The highest BCUT2D eigenvalue weighted by Crippen LogP contribution is 2.19. The molecule has 0 spiro atoms. The number of rotatable bonds is 3. The number of urea groups is 1. The van der Waals surface area contributed by atoms with E-state index in [0.717, 1.165) is 36.4 Å². The molecule has 0 bridgehead atoms. The van der Waals surface area contributed by atoms with E-state index in [1.807, 2.05) is 19.2 Å². The molecule has 1 atom stereocenters. The summed E-state index contributed by atoms with van der Waals surface area (Å²) in [4.78, 5) is 16.2. The summed E-state index contributed by atoms with van der Waals surface area (Å²) in [5, 5.41) is 18.2. The van der Waals surface area contributed by atoms with Crippen LogP contribution in [0.25, 0.3) is 0 Å². The zero-order chi connectivity index (χ0) is 13.8. The number of hydrogen-bond acceptors (Lipinski definition) is 4. The summed E-state index contributed by atoms with van der Waals surface area (Å²) < 4.78 is 0. The standard InChI is InChI=1S/C13H21N3O2S/c1-8-7-19-12(14-8)9(2)15-13(18)16-10-3-5-11(17)6-4-10/h7,9-11,17H,3-6H2,1-2H3,(H2,15,16,18). The van der Waals surface area contributed by atoms with E-state index in [-0.39, 0.29) is 24.2 Å². The fourth-order valence-electron chi connectivity index (χ4n) is 2.28. The van der Waals surface area contributed by atoms with E-state index in [1.165, 1.54) is 0 Å². The molecule has 0 aromatic carbocycles. The minimum Gasteiger partial charge on any atom is -0.393 e. The highest BCUT2D eigenvalue weighted by molar-refractivity contribution is 7.09. The smallest absolute Gasteiger partial charge is 0.315 e. The molecule has 3 N–H and O–H groups in total. The predicted octanol–water partition coefficient (Wildman–Crippen LogP) is 2.12. The molecule has 2 amide bonds. The second-order valence-corrected chi connectivity index (χ2v) is 6.06. The van der Waals surface area contributed by atoms with Crippen LogP contribution >= 0.6 is 11.3 Å². The Morgan fingerprint density at radius 2 is 2.16 bits per heavy atom. The van der Waals surface area contributed by atoms with Crippen LogP contribution in [0.4, 0.5) is 4.79 Å². The molecule has 19 heavy (non-hydrogen) atoms. The van der Waals surface area contributed by atoms with Crippen LogP contribution in [0.2, 0.25) is 0 Å². The van der Waals surface area contributed by atoms with Gasteiger partial charge in [-0.1, -0.05) is 0 Å². The molecule has 1 aromatic heterocycles. The van der Waals surface area contributed by atoms with Crippen LogP contribution in [0.15, 0.2) is 5.38 Å². The van der Waals surface area contributed by atoms with Crippen LogP contribution in [-0.2, 0) is 0 Å². The van der Waals surface area contributed by atoms with Gasteiger partial charge in [0.2, 0.25) is 0 Å². The number of aromatic nitrogens is 1. The molecular formula is C13H21N3O2S. The molecule has 5 nitrogen and oxygen atoms in total. The van der Waals surface area contributed by atoms with E-state index in [0.29, 0.717) is 0 Å². The molecule has 0 saturated heterocycles. The number of carbonyl (C=O) groups excluding carboxylic acids is 1. The average Bonchev–Trinajstić information content (AvgIpc) is 2.79. The molecule has 6 heteroatoms. The summed E-state index contributed by atoms with van der Waals surface area (Å²) in [7, 11) is 0. The van der Waals surface area contributed by atoms with Crippen molar-refractivity contribution < 1.29 is 9.90 Å². The first-order valence-corrected chi connectivity index (χ1v) is 7.59. The van der Waals surface area contributed by atoms with Gasteiger partial charge in [-0.15, -0.1) is 11.3 Å². The van der Waals surface area contributed by atoms with Gasteiger partial charge in [-0.05, 0) is 39.5 Å². The first-order chi connectivity index (χ1) is 9.04. The van der Waals surface area contributed by atoms with E-state index in [1.54, 1.807) is 11.3 Å².